The van der Waals surface area contributed by atoms with E-state index in [1.165, 1.54) is 6.26 Å². The Balaban J connectivity index is 2.58. The standard InChI is InChI=1S/C13H16O4/c1-2-8-16-13(15)11(9-14)10-17-12-6-4-3-5-7-12/h3-7,10,14H,2,8-9H2,1H3. The Labute approximate surface area is 100 Å². The summed E-state index contributed by atoms with van der Waals surface area (Å²) >= 11 is 0. The number of esters is 1. The van der Waals surface area contributed by atoms with Crippen molar-refractivity contribution < 1.29 is 19.4 Å². The summed E-state index contributed by atoms with van der Waals surface area (Å²) in [5.74, 6) is 0.0482. The smallest absolute Gasteiger partial charge is 0.339 e. The van der Waals surface area contributed by atoms with Crippen LogP contribution in [0.25, 0.3) is 0 Å². The van der Waals surface area contributed by atoms with Crippen LogP contribution in [0, 0.1) is 0 Å². The fourth-order valence-electron chi connectivity index (χ4n) is 1.08. The van der Waals surface area contributed by atoms with E-state index in [2.05, 4.69) is 0 Å². The molecule has 92 valence electrons. The molecule has 1 aromatic carbocycles. The lowest BCUT2D eigenvalue weighted by Gasteiger charge is -2.05. The summed E-state index contributed by atoms with van der Waals surface area (Å²) in [5.41, 5.74) is 0.0994. The van der Waals surface area contributed by atoms with E-state index in [1.54, 1.807) is 12.1 Å². The van der Waals surface area contributed by atoms with Crippen LogP contribution in [-0.2, 0) is 9.53 Å². The maximum absolute atomic E-state index is 11.4. The third-order valence-corrected chi connectivity index (χ3v) is 1.95. The van der Waals surface area contributed by atoms with Crippen molar-refractivity contribution >= 4 is 5.97 Å². The van der Waals surface area contributed by atoms with Gasteiger partial charge in [0.15, 0.2) is 0 Å². The molecule has 1 rings (SSSR count). The second-order valence-electron chi connectivity index (χ2n) is 3.37. The first-order valence-electron chi connectivity index (χ1n) is 5.46. The Hall–Kier alpha value is -1.81. The lowest BCUT2D eigenvalue weighted by Crippen LogP contribution is -2.12. The molecule has 0 saturated carbocycles. The van der Waals surface area contributed by atoms with Gasteiger partial charge in [-0.25, -0.2) is 4.79 Å². The summed E-state index contributed by atoms with van der Waals surface area (Å²) in [6, 6.07) is 9.00. The minimum atomic E-state index is -0.551. The molecule has 4 heteroatoms. The molecule has 0 aliphatic rings. The van der Waals surface area contributed by atoms with E-state index in [4.69, 9.17) is 14.6 Å². The van der Waals surface area contributed by atoms with Crippen LogP contribution in [0.15, 0.2) is 42.2 Å². The highest BCUT2D eigenvalue weighted by Gasteiger charge is 2.10. The average molecular weight is 236 g/mol. The molecule has 4 nitrogen and oxygen atoms in total. The molecule has 0 unspecified atom stereocenters. The van der Waals surface area contributed by atoms with E-state index in [-0.39, 0.29) is 5.57 Å². The molecule has 1 aromatic rings. The molecule has 0 bridgehead atoms. The summed E-state index contributed by atoms with van der Waals surface area (Å²) in [4.78, 5) is 11.4. The van der Waals surface area contributed by atoms with E-state index in [1.807, 2.05) is 25.1 Å². The van der Waals surface area contributed by atoms with Crippen molar-refractivity contribution in [2.24, 2.45) is 0 Å². The van der Waals surface area contributed by atoms with Gasteiger partial charge in [-0.1, -0.05) is 25.1 Å². The van der Waals surface area contributed by atoms with Gasteiger partial charge in [0.2, 0.25) is 0 Å². The van der Waals surface area contributed by atoms with Gasteiger partial charge in [-0.15, -0.1) is 0 Å². The lowest BCUT2D eigenvalue weighted by atomic mass is 10.3. The SMILES string of the molecule is CCCOC(=O)C(=COc1ccccc1)CO. The van der Waals surface area contributed by atoms with E-state index < -0.39 is 12.6 Å². The number of aliphatic hydroxyl groups excluding tert-OH is 1. The predicted octanol–water partition coefficient (Wildman–Crippen LogP) is 1.89. The summed E-state index contributed by atoms with van der Waals surface area (Å²) in [5, 5.41) is 9.02. The minimum absolute atomic E-state index is 0.0994. The molecule has 0 spiro atoms. The highest BCUT2D eigenvalue weighted by Crippen LogP contribution is 2.10. The van der Waals surface area contributed by atoms with Gasteiger partial charge in [-0.05, 0) is 18.6 Å². The zero-order chi connectivity index (χ0) is 12.5. The second-order valence-corrected chi connectivity index (χ2v) is 3.37. The van der Waals surface area contributed by atoms with E-state index in [9.17, 15) is 4.79 Å². The first-order chi connectivity index (χ1) is 8.27. The number of carbonyl (C=O) groups is 1. The zero-order valence-electron chi connectivity index (χ0n) is 9.76. The molecule has 0 saturated heterocycles. The minimum Gasteiger partial charge on any atom is -0.464 e. The zero-order valence-corrected chi connectivity index (χ0v) is 9.76. The van der Waals surface area contributed by atoms with Crippen LogP contribution >= 0.6 is 0 Å². The van der Waals surface area contributed by atoms with Gasteiger partial charge in [-0.2, -0.15) is 0 Å². The van der Waals surface area contributed by atoms with E-state index in [0.29, 0.717) is 12.4 Å². The van der Waals surface area contributed by atoms with Crippen molar-refractivity contribution in [2.45, 2.75) is 13.3 Å². The quantitative estimate of drug-likeness (QED) is 0.465. The summed E-state index contributed by atoms with van der Waals surface area (Å²) in [6.45, 7) is 1.83. The monoisotopic (exact) mass is 236 g/mol. The molecule has 0 aliphatic heterocycles. The molecule has 0 aromatic heterocycles. The maximum Gasteiger partial charge on any atom is 0.339 e. The Morgan fingerprint density at radius 3 is 2.65 bits per heavy atom. The number of hydrogen-bond donors (Lipinski definition) is 1. The molecular formula is C13H16O4. The number of rotatable bonds is 6. The average Bonchev–Trinajstić information content (AvgIpc) is 2.38. The first-order valence-corrected chi connectivity index (χ1v) is 5.46. The number of carbonyl (C=O) groups excluding carboxylic acids is 1. The van der Waals surface area contributed by atoms with Crippen molar-refractivity contribution in [1.82, 2.24) is 0 Å². The van der Waals surface area contributed by atoms with Gasteiger partial charge in [-0.3, -0.25) is 0 Å². The van der Waals surface area contributed by atoms with Crippen LogP contribution in [-0.4, -0.2) is 24.3 Å². The number of ether oxygens (including phenoxy) is 2. The van der Waals surface area contributed by atoms with Gasteiger partial charge in [0, 0.05) is 0 Å². The number of para-hydroxylation sites is 1. The maximum atomic E-state index is 11.4. The van der Waals surface area contributed by atoms with Crippen LogP contribution in [0.2, 0.25) is 0 Å². The Kier molecular flexibility index (Phi) is 5.82. The summed E-state index contributed by atoms with van der Waals surface area (Å²) < 4.78 is 10.1. The Bertz CT molecular complexity index is 370. The Morgan fingerprint density at radius 1 is 1.35 bits per heavy atom. The van der Waals surface area contributed by atoms with Gasteiger partial charge in [0.25, 0.3) is 0 Å². The van der Waals surface area contributed by atoms with Gasteiger partial charge >= 0.3 is 5.97 Å². The molecule has 17 heavy (non-hydrogen) atoms. The molecular weight excluding hydrogens is 220 g/mol. The van der Waals surface area contributed by atoms with Crippen molar-refractivity contribution in [3.05, 3.63) is 42.2 Å². The van der Waals surface area contributed by atoms with Crippen LogP contribution in [0.5, 0.6) is 5.75 Å². The highest BCUT2D eigenvalue weighted by molar-refractivity contribution is 5.88. The lowest BCUT2D eigenvalue weighted by molar-refractivity contribution is -0.139. The predicted molar refractivity (Wildman–Crippen MR) is 63.5 cm³/mol. The van der Waals surface area contributed by atoms with Crippen molar-refractivity contribution in [1.29, 1.82) is 0 Å². The molecule has 0 aliphatic carbocycles. The summed E-state index contributed by atoms with van der Waals surface area (Å²) in [6.07, 6.45) is 1.96. The van der Waals surface area contributed by atoms with Crippen LogP contribution in [0.3, 0.4) is 0 Å². The molecule has 0 fully saturated rings. The second kappa shape index (κ2) is 7.46. The number of aliphatic hydroxyl groups is 1. The van der Waals surface area contributed by atoms with Gasteiger partial charge in [0.1, 0.15) is 12.0 Å². The Morgan fingerprint density at radius 2 is 2.06 bits per heavy atom. The first kappa shape index (κ1) is 13.3. The van der Waals surface area contributed by atoms with E-state index in [0.717, 1.165) is 6.42 Å². The fourth-order valence-corrected chi connectivity index (χ4v) is 1.08. The van der Waals surface area contributed by atoms with E-state index >= 15 is 0 Å². The van der Waals surface area contributed by atoms with Crippen molar-refractivity contribution in [2.75, 3.05) is 13.2 Å². The van der Waals surface area contributed by atoms with Crippen molar-refractivity contribution in [3.8, 4) is 5.75 Å². The van der Waals surface area contributed by atoms with Crippen molar-refractivity contribution in [3.63, 3.8) is 0 Å². The number of benzene rings is 1. The third-order valence-electron chi connectivity index (χ3n) is 1.95. The van der Waals surface area contributed by atoms with Gasteiger partial charge in [0.05, 0.1) is 18.8 Å². The fraction of sp³-hybridized carbons (Fsp3) is 0.308. The molecule has 0 atom stereocenters. The number of hydrogen-bond acceptors (Lipinski definition) is 4. The molecule has 0 amide bonds. The van der Waals surface area contributed by atoms with Gasteiger partial charge < -0.3 is 14.6 Å². The van der Waals surface area contributed by atoms with Crippen LogP contribution < -0.4 is 4.74 Å². The topological polar surface area (TPSA) is 55.8 Å². The normalized spacial score (nSPS) is 11.1. The largest absolute Gasteiger partial charge is 0.464 e. The summed E-state index contributed by atoms with van der Waals surface area (Å²) in [7, 11) is 0. The highest BCUT2D eigenvalue weighted by atomic mass is 16.5. The molecule has 1 N–H and O–H groups in total. The third kappa shape index (κ3) is 4.70. The molecule has 0 radical (unpaired) electrons. The van der Waals surface area contributed by atoms with Crippen LogP contribution in [0.1, 0.15) is 13.3 Å². The molecule has 0 heterocycles. The van der Waals surface area contributed by atoms with Crippen LogP contribution in [0.4, 0.5) is 0 Å².